The van der Waals surface area contributed by atoms with Crippen molar-refractivity contribution in [1.29, 1.82) is 0 Å². The molecule has 1 amide bonds. The van der Waals surface area contributed by atoms with Gasteiger partial charge in [-0.3, -0.25) is 9.48 Å². The Hall–Kier alpha value is -1.56. The first-order valence-electron chi connectivity index (χ1n) is 6.20. The lowest BCUT2D eigenvalue weighted by molar-refractivity contribution is -0.138. The van der Waals surface area contributed by atoms with Gasteiger partial charge in [-0.1, -0.05) is 0 Å². The van der Waals surface area contributed by atoms with E-state index in [4.69, 9.17) is 10.5 Å². The Labute approximate surface area is 107 Å². The number of nitrogens with two attached hydrogens (primary N) is 1. The summed E-state index contributed by atoms with van der Waals surface area (Å²) in [5, 5.41) is 4.34. The van der Waals surface area contributed by atoms with E-state index in [0.717, 1.165) is 11.4 Å². The fourth-order valence-electron chi connectivity index (χ4n) is 2.21. The van der Waals surface area contributed by atoms with Crippen LogP contribution in [0.5, 0.6) is 0 Å². The van der Waals surface area contributed by atoms with Gasteiger partial charge >= 0.3 is 0 Å². The Morgan fingerprint density at radius 2 is 2.00 bits per heavy atom. The zero-order valence-corrected chi connectivity index (χ0v) is 11.1. The molecule has 1 aromatic heterocycles. The van der Waals surface area contributed by atoms with E-state index in [1.807, 2.05) is 25.7 Å². The number of carbonyl (C=O) groups excluding carboxylic acids is 1. The molecule has 2 heterocycles. The van der Waals surface area contributed by atoms with Gasteiger partial charge < -0.3 is 15.4 Å². The van der Waals surface area contributed by atoms with Crippen LogP contribution in [0.2, 0.25) is 0 Å². The number of rotatable bonds is 2. The highest BCUT2D eigenvalue weighted by Gasteiger charge is 2.26. The molecule has 1 fully saturated rings. The molecule has 0 radical (unpaired) electrons. The molecule has 1 saturated heterocycles. The summed E-state index contributed by atoms with van der Waals surface area (Å²) in [5.74, 6) is 0.0731. The summed E-state index contributed by atoms with van der Waals surface area (Å²) in [6.45, 7) is 8.12. The summed E-state index contributed by atoms with van der Waals surface area (Å²) in [4.78, 5) is 14.2. The van der Waals surface area contributed by atoms with Crippen molar-refractivity contribution in [1.82, 2.24) is 14.7 Å². The number of hydrogen-bond donors (Lipinski definition) is 1. The van der Waals surface area contributed by atoms with Gasteiger partial charge in [-0.15, -0.1) is 0 Å². The molecule has 0 bridgehead atoms. The standard InChI is InChI=1S/C12H20N4O2/c1-8-11(13)9(2)16(14-8)10(3)12(17)15-4-6-18-7-5-15/h10H,4-7,13H2,1-3H3. The van der Waals surface area contributed by atoms with E-state index in [1.54, 1.807) is 4.68 Å². The lowest BCUT2D eigenvalue weighted by Crippen LogP contribution is -2.44. The third-order valence-corrected chi connectivity index (χ3v) is 3.43. The minimum absolute atomic E-state index is 0.0731. The molecule has 1 aromatic rings. The predicted octanol–water partition coefficient (Wildman–Crippen LogP) is 0.502. The summed E-state index contributed by atoms with van der Waals surface area (Å²) in [6.07, 6.45) is 0. The smallest absolute Gasteiger partial charge is 0.247 e. The van der Waals surface area contributed by atoms with Crippen molar-refractivity contribution in [3.8, 4) is 0 Å². The SMILES string of the molecule is Cc1nn(C(C)C(=O)N2CCOCC2)c(C)c1N. The molecule has 1 aliphatic rings. The van der Waals surface area contributed by atoms with E-state index in [1.165, 1.54) is 0 Å². The van der Waals surface area contributed by atoms with Gasteiger partial charge in [0.2, 0.25) is 5.91 Å². The first kappa shape index (κ1) is 12.9. The third kappa shape index (κ3) is 2.20. The first-order valence-corrected chi connectivity index (χ1v) is 6.20. The number of nitrogen functional groups attached to an aromatic ring is 1. The molecule has 0 aliphatic carbocycles. The molecule has 0 saturated carbocycles. The molecule has 1 aliphatic heterocycles. The molecule has 6 nitrogen and oxygen atoms in total. The number of nitrogens with zero attached hydrogens (tertiary/aromatic N) is 3. The monoisotopic (exact) mass is 252 g/mol. The maximum absolute atomic E-state index is 12.3. The molecular weight excluding hydrogens is 232 g/mol. The lowest BCUT2D eigenvalue weighted by Gasteiger charge is -2.29. The fraction of sp³-hybridized carbons (Fsp3) is 0.667. The number of carbonyl (C=O) groups is 1. The molecule has 18 heavy (non-hydrogen) atoms. The van der Waals surface area contributed by atoms with Crippen LogP contribution >= 0.6 is 0 Å². The van der Waals surface area contributed by atoms with Crippen molar-refractivity contribution in [2.45, 2.75) is 26.8 Å². The van der Waals surface area contributed by atoms with Crippen LogP contribution in [0.25, 0.3) is 0 Å². The van der Waals surface area contributed by atoms with Gasteiger partial charge in [-0.2, -0.15) is 5.10 Å². The lowest BCUT2D eigenvalue weighted by atomic mass is 10.2. The van der Waals surface area contributed by atoms with E-state index >= 15 is 0 Å². The zero-order chi connectivity index (χ0) is 13.3. The predicted molar refractivity (Wildman–Crippen MR) is 68.2 cm³/mol. The van der Waals surface area contributed by atoms with Gasteiger partial charge in [0.25, 0.3) is 0 Å². The Kier molecular flexibility index (Phi) is 3.56. The van der Waals surface area contributed by atoms with Crippen molar-refractivity contribution in [3.63, 3.8) is 0 Å². The van der Waals surface area contributed by atoms with E-state index in [0.29, 0.717) is 32.0 Å². The molecule has 0 aromatic carbocycles. The first-order chi connectivity index (χ1) is 8.52. The van der Waals surface area contributed by atoms with Gasteiger partial charge in [0.1, 0.15) is 6.04 Å². The van der Waals surface area contributed by atoms with Gasteiger partial charge in [0.05, 0.1) is 30.3 Å². The molecular formula is C12H20N4O2. The van der Waals surface area contributed by atoms with Crippen LogP contribution in [0, 0.1) is 13.8 Å². The van der Waals surface area contributed by atoms with Crippen LogP contribution in [0.1, 0.15) is 24.4 Å². The number of aryl methyl sites for hydroxylation is 1. The highest BCUT2D eigenvalue weighted by Crippen LogP contribution is 2.20. The molecule has 2 rings (SSSR count). The van der Waals surface area contributed by atoms with E-state index in [2.05, 4.69) is 5.10 Å². The minimum Gasteiger partial charge on any atom is -0.396 e. The zero-order valence-electron chi connectivity index (χ0n) is 11.1. The molecule has 1 atom stereocenters. The van der Waals surface area contributed by atoms with Gasteiger partial charge in [-0.25, -0.2) is 0 Å². The summed E-state index contributed by atoms with van der Waals surface area (Å²) in [5.41, 5.74) is 8.18. The highest BCUT2D eigenvalue weighted by atomic mass is 16.5. The van der Waals surface area contributed by atoms with Crippen LogP contribution < -0.4 is 5.73 Å². The van der Waals surface area contributed by atoms with Crippen molar-refractivity contribution < 1.29 is 9.53 Å². The number of aromatic nitrogens is 2. The van der Waals surface area contributed by atoms with Gasteiger partial charge in [0, 0.05) is 13.1 Å². The molecule has 100 valence electrons. The van der Waals surface area contributed by atoms with Crippen LogP contribution in [0.3, 0.4) is 0 Å². The molecule has 2 N–H and O–H groups in total. The summed E-state index contributed by atoms with van der Waals surface area (Å²) < 4.78 is 6.96. The average molecular weight is 252 g/mol. The molecule has 0 spiro atoms. The van der Waals surface area contributed by atoms with E-state index in [-0.39, 0.29) is 11.9 Å². The van der Waals surface area contributed by atoms with Crippen LogP contribution in [0.15, 0.2) is 0 Å². The number of anilines is 1. The number of amides is 1. The third-order valence-electron chi connectivity index (χ3n) is 3.43. The number of morpholine rings is 1. The maximum Gasteiger partial charge on any atom is 0.247 e. The summed E-state index contributed by atoms with van der Waals surface area (Å²) in [6, 6.07) is -0.320. The number of hydrogen-bond acceptors (Lipinski definition) is 4. The average Bonchev–Trinajstić information content (AvgIpc) is 2.66. The van der Waals surface area contributed by atoms with Crippen molar-refractivity contribution >= 4 is 11.6 Å². The minimum atomic E-state index is -0.320. The van der Waals surface area contributed by atoms with Gasteiger partial charge in [-0.05, 0) is 20.8 Å². The van der Waals surface area contributed by atoms with Crippen molar-refractivity contribution in [3.05, 3.63) is 11.4 Å². The Morgan fingerprint density at radius 3 is 2.50 bits per heavy atom. The van der Waals surface area contributed by atoms with Crippen LogP contribution in [-0.4, -0.2) is 46.9 Å². The second kappa shape index (κ2) is 4.97. The Bertz CT molecular complexity index is 449. The van der Waals surface area contributed by atoms with Gasteiger partial charge in [0.15, 0.2) is 0 Å². The van der Waals surface area contributed by atoms with Crippen molar-refractivity contribution in [2.75, 3.05) is 32.0 Å². The quantitative estimate of drug-likeness (QED) is 0.832. The maximum atomic E-state index is 12.3. The second-order valence-electron chi connectivity index (χ2n) is 4.64. The van der Waals surface area contributed by atoms with Crippen LogP contribution in [0.4, 0.5) is 5.69 Å². The molecule has 6 heteroatoms. The highest BCUT2D eigenvalue weighted by molar-refractivity contribution is 5.80. The topological polar surface area (TPSA) is 73.4 Å². The van der Waals surface area contributed by atoms with Crippen LogP contribution in [-0.2, 0) is 9.53 Å². The van der Waals surface area contributed by atoms with Crippen molar-refractivity contribution in [2.24, 2.45) is 0 Å². The van der Waals surface area contributed by atoms with E-state index in [9.17, 15) is 4.79 Å². The fourth-order valence-corrected chi connectivity index (χ4v) is 2.21. The molecule has 1 unspecified atom stereocenters. The Balaban J connectivity index is 2.17. The number of ether oxygens (including phenoxy) is 1. The van der Waals surface area contributed by atoms with E-state index < -0.39 is 0 Å². The largest absolute Gasteiger partial charge is 0.396 e. The normalized spacial score (nSPS) is 17.8. The summed E-state index contributed by atoms with van der Waals surface area (Å²) in [7, 11) is 0. The Morgan fingerprint density at radius 1 is 1.39 bits per heavy atom. The second-order valence-corrected chi connectivity index (χ2v) is 4.64. The summed E-state index contributed by atoms with van der Waals surface area (Å²) >= 11 is 0.